The molecule has 0 spiro atoms. The maximum atomic E-state index is 12.6. The number of hydrogen-bond donors (Lipinski definition) is 1. The first-order valence-electron chi connectivity index (χ1n) is 9.51. The highest BCUT2D eigenvalue weighted by Crippen LogP contribution is 2.23. The normalized spacial score (nSPS) is 19.0. The van der Waals surface area contributed by atoms with Crippen molar-refractivity contribution in [2.45, 2.75) is 65.8 Å². The molecule has 1 heterocycles. The first-order chi connectivity index (χ1) is 12.6. The molecular weight excluding hydrogens is 350 g/mol. The van der Waals surface area contributed by atoms with Crippen LogP contribution >= 0.6 is 0 Å². The van der Waals surface area contributed by atoms with Crippen molar-refractivity contribution in [2.75, 3.05) is 13.2 Å². The maximum Gasteiger partial charge on any atom is 0.330 e. The zero-order valence-electron chi connectivity index (χ0n) is 16.7. The van der Waals surface area contributed by atoms with Gasteiger partial charge in [0, 0.05) is 12.6 Å². The number of piperidine rings is 1. The summed E-state index contributed by atoms with van der Waals surface area (Å²) in [4.78, 5) is 49.4. The van der Waals surface area contributed by atoms with Gasteiger partial charge in [-0.2, -0.15) is 0 Å². The van der Waals surface area contributed by atoms with E-state index in [1.165, 1.54) is 19.9 Å². The van der Waals surface area contributed by atoms with Gasteiger partial charge in [-0.05, 0) is 45.4 Å². The van der Waals surface area contributed by atoms with Crippen molar-refractivity contribution in [1.82, 2.24) is 4.90 Å². The molecular formula is C20H31NO6. The number of hydrogen-bond acceptors (Lipinski definition) is 5. The van der Waals surface area contributed by atoms with Crippen LogP contribution in [0.3, 0.4) is 0 Å². The molecule has 7 nitrogen and oxygen atoms in total. The zero-order valence-corrected chi connectivity index (χ0v) is 16.7. The summed E-state index contributed by atoms with van der Waals surface area (Å²) in [6.45, 7) is 7.19. The van der Waals surface area contributed by atoms with Crippen LogP contribution in [0.4, 0.5) is 0 Å². The SMILES string of the molecule is CCC(C)C/C=C\C(=O)OCC(C)(C)C(=O)C(=O)N1CCCC[C@H]1C(=O)O. The Morgan fingerprint density at radius 3 is 2.52 bits per heavy atom. The standard InChI is InChI=1S/C20H31NO6/c1-5-14(2)9-8-11-16(22)27-13-20(3,4)17(23)18(24)21-12-7-6-10-15(21)19(25)26/h8,11,14-15H,5-7,9-10,12-13H2,1-4H3,(H,25,26)/b11-8-/t14?,15-/m0/s1. The number of esters is 1. The molecule has 1 N–H and O–H groups in total. The van der Waals surface area contributed by atoms with Gasteiger partial charge in [0.05, 0.1) is 5.41 Å². The second-order valence-corrected chi connectivity index (χ2v) is 7.82. The second kappa shape index (κ2) is 10.2. The number of nitrogens with zero attached hydrogens (tertiary/aromatic N) is 1. The molecule has 1 fully saturated rings. The number of carbonyl (C=O) groups is 4. The molecule has 152 valence electrons. The minimum absolute atomic E-state index is 0.240. The van der Waals surface area contributed by atoms with Crippen LogP contribution in [-0.2, 0) is 23.9 Å². The van der Waals surface area contributed by atoms with E-state index in [0.717, 1.165) is 17.7 Å². The van der Waals surface area contributed by atoms with Gasteiger partial charge in [0.25, 0.3) is 5.91 Å². The predicted molar refractivity (Wildman–Crippen MR) is 99.9 cm³/mol. The Hall–Kier alpha value is -2.18. The molecule has 0 saturated carbocycles. The topological polar surface area (TPSA) is 101 Å². The lowest BCUT2D eigenvalue weighted by Gasteiger charge is -2.34. The Bertz CT molecular complexity index is 595. The summed E-state index contributed by atoms with van der Waals surface area (Å²) in [5.41, 5.74) is -1.22. The monoisotopic (exact) mass is 381 g/mol. The maximum absolute atomic E-state index is 12.6. The second-order valence-electron chi connectivity index (χ2n) is 7.82. The highest BCUT2D eigenvalue weighted by atomic mass is 16.5. The molecule has 7 heteroatoms. The summed E-state index contributed by atoms with van der Waals surface area (Å²) in [5, 5.41) is 9.28. The first-order valence-corrected chi connectivity index (χ1v) is 9.51. The van der Waals surface area contributed by atoms with Crippen molar-refractivity contribution in [1.29, 1.82) is 0 Å². The number of likely N-dealkylation sites (tertiary alicyclic amines) is 1. The number of amides is 1. The van der Waals surface area contributed by atoms with Gasteiger partial charge in [-0.15, -0.1) is 0 Å². The molecule has 1 aliphatic rings. The summed E-state index contributed by atoms with van der Waals surface area (Å²) in [6, 6.07) is -0.975. The number of ketones is 1. The van der Waals surface area contributed by atoms with E-state index in [9.17, 15) is 24.3 Å². The van der Waals surface area contributed by atoms with Crippen molar-refractivity contribution in [3.63, 3.8) is 0 Å². The molecule has 1 aliphatic heterocycles. The van der Waals surface area contributed by atoms with Crippen LogP contribution in [0, 0.1) is 11.3 Å². The average molecular weight is 381 g/mol. The fraction of sp³-hybridized carbons (Fsp3) is 0.700. The minimum Gasteiger partial charge on any atom is -0.480 e. The lowest BCUT2D eigenvalue weighted by atomic mass is 9.87. The van der Waals surface area contributed by atoms with Crippen LogP contribution in [0.1, 0.15) is 59.8 Å². The predicted octanol–water partition coefficient (Wildman–Crippen LogP) is 2.58. The number of aliphatic carboxylic acids is 1. The number of ether oxygens (including phenoxy) is 1. The van der Waals surface area contributed by atoms with E-state index in [4.69, 9.17) is 4.74 Å². The molecule has 0 aromatic heterocycles. The highest BCUT2D eigenvalue weighted by molar-refractivity contribution is 6.38. The van der Waals surface area contributed by atoms with Crippen LogP contribution in [0.25, 0.3) is 0 Å². The molecule has 0 aromatic rings. The van der Waals surface area contributed by atoms with E-state index < -0.39 is 35.1 Å². The average Bonchev–Trinajstić information content (AvgIpc) is 2.64. The Balaban J connectivity index is 2.65. The summed E-state index contributed by atoms with van der Waals surface area (Å²) in [5.74, 6) is -2.77. The number of carboxylic acids is 1. The first kappa shape index (κ1) is 22.9. The third-order valence-electron chi connectivity index (χ3n) is 4.92. The van der Waals surface area contributed by atoms with Gasteiger partial charge in [0.2, 0.25) is 5.78 Å². The molecule has 1 rings (SSSR count). The number of rotatable bonds is 9. The Morgan fingerprint density at radius 1 is 1.26 bits per heavy atom. The van der Waals surface area contributed by atoms with Crippen LogP contribution in [0.15, 0.2) is 12.2 Å². The number of carbonyl (C=O) groups excluding carboxylic acids is 3. The molecule has 1 unspecified atom stereocenters. The summed E-state index contributed by atoms with van der Waals surface area (Å²) in [6.07, 6.45) is 6.55. The number of allylic oxidation sites excluding steroid dienone is 1. The lowest BCUT2D eigenvalue weighted by Crippen LogP contribution is -2.53. The highest BCUT2D eigenvalue weighted by Gasteiger charge is 2.41. The Morgan fingerprint density at radius 2 is 1.93 bits per heavy atom. The fourth-order valence-electron chi connectivity index (χ4n) is 2.78. The van der Waals surface area contributed by atoms with Crippen molar-refractivity contribution in [3.05, 3.63) is 12.2 Å². The molecule has 1 amide bonds. The number of Topliss-reactive ketones (excluding diaryl/α,β-unsaturated/α-hetero) is 1. The Labute approximate surface area is 160 Å². The smallest absolute Gasteiger partial charge is 0.330 e. The molecule has 0 aromatic carbocycles. The molecule has 27 heavy (non-hydrogen) atoms. The quantitative estimate of drug-likeness (QED) is 0.374. The molecule has 0 bridgehead atoms. The minimum atomic E-state index is -1.22. The van der Waals surface area contributed by atoms with Crippen molar-refractivity contribution in [3.8, 4) is 0 Å². The van der Waals surface area contributed by atoms with Crippen molar-refractivity contribution in [2.24, 2.45) is 11.3 Å². The van der Waals surface area contributed by atoms with Gasteiger partial charge < -0.3 is 14.7 Å². The largest absolute Gasteiger partial charge is 0.480 e. The number of carboxylic acid groups (broad SMARTS) is 1. The van der Waals surface area contributed by atoms with E-state index in [0.29, 0.717) is 25.2 Å². The fourth-order valence-corrected chi connectivity index (χ4v) is 2.78. The summed E-state index contributed by atoms with van der Waals surface area (Å²) >= 11 is 0. The van der Waals surface area contributed by atoms with Gasteiger partial charge >= 0.3 is 11.9 Å². The van der Waals surface area contributed by atoms with E-state index in [-0.39, 0.29) is 13.2 Å². The summed E-state index contributed by atoms with van der Waals surface area (Å²) < 4.78 is 5.12. The van der Waals surface area contributed by atoms with E-state index >= 15 is 0 Å². The van der Waals surface area contributed by atoms with Crippen LogP contribution in [-0.4, -0.2) is 52.8 Å². The lowest BCUT2D eigenvalue weighted by molar-refractivity contribution is -0.159. The summed E-state index contributed by atoms with van der Waals surface area (Å²) in [7, 11) is 0. The third kappa shape index (κ3) is 6.81. The van der Waals surface area contributed by atoms with E-state index in [1.54, 1.807) is 6.08 Å². The van der Waals surface area contributed by atoms with E-state index in [2.05, 4.69) is 13.8 Å². The molecule has 0 aliphatic carbocycles. The van der Waals surface area contributed by atoms with Gasteiger partial charge in [-0.3, -0.25) is 9.59 Å². The Kier molecular flexibility index (Phi) is 8.66. The molecule has 2 atom stereocenters. The van der Waals surface area contributed by atoms with Crippen LogP contribution in [0.2, 0.25) is 0 Å². The molecule has 0 radical (unpaired) electrons. The van der Waals surface area contributed by atoms with Crippen LogP contribution < -0.4 is 0 Å². The molecule has 1 saturated heterocycles. The van der Waals surface area contributed by atoms with E-state index in [1.807, 2.05) is 0 Å². The third-order valence-corrected chi connectivity index (χ3v) is 4.92. The zero-order chi connectivity index (χ0) is 20.6. The van der Waals surface area contributed by atoms with Gasteiger partial charge in [0.15, 0.2) is 0 Å². The van der Waals surface area contributed by atoms with Crippen LogP contribution in [0.5, 0.6) is 0 Å². The van der Waals surface area contributed by atoms with Gasteiger partial charge in [-0.1, -0.05) is 26.3 Å². The van der Waals surface area contributed by atoms with Crippen molar-refractivity contribution < 1.29 is 29.0 Å². The van der Waals surface area contributed by atoms with Gasteiger partial charge in [0.1, 0.15) is 12.6 Å². The van der Waals surface area contributed by atoms with Gasteiger partial charge in [-0.25, -0.2) is 9.59 Å². The van der Waals surface area contributed by atoms with Crippen molar-refractivity contribution >= 4 is 23.6 Å².